The van der Waals surface area contributed by atoms with Gasteiger partial charge < -0.3 is 20.3 Å². The number of ether oxygens (including phenoxy) is 1. The van der Waals surface area contributed by atoms with Crippen LogP contribution in [0.3, 0.4) is 0 Å². The Morgan fingerprint density at radius 1 is 1.10 bits per heavy atom. The fourth-order valence-corrected chi connectivity index (χ4v) is 5.10. The van der Waals surface area contributed by atoms with E-state index in [1.54, 1.807) is 11.3 Å². The second kappa shape index (κ2) is 10.1. The largest absolute Gasteiger partial charge is 0.462 e. The van der Waals surface area contributed by atoms with Gasteiger partial charge in [0.05, 0.1) is 12.2 Å². The maximum atomic E-state index is 12.7. The van der Waals surface area contributed by atoms with Gasteiger partial charge in [0.2, 0.25) is 0 Å². The number of fused-ring (bicyclic) bond motifs is 1. The van der Waals surface area contributed by atoms with Gasteiger partial charge in [-0.1, -0.05) is 12.8 Å². The van der Waals surface area contributed by atoms with Crippen LogP contribution in [-0.2, 0) is 17.6 Å². The zero-order chi connectivity index (χ0) is 20.8. The van der Waals surface area contributed by atoms with E-state index < -0.39 is 0 Å². The fourth-order valence-electron chi connectivity index (χ4n) is 3.54. The van der Waals surface area contributed by atoms with E-state index >= 15 is 0 Å². The molecule has 156 valence electrons. The van der Waals surface area contributed by atoms with E-state index in [0.29, 0.717) is 17.3 Å². The molecule has 5 nitrogen and oxygen atoms in total. The van der Waals surface area contributed by atoms with Gasteiger partial charge in [0.1, 0.15) is 5.00 Å². The lowest BCUT2D eigenvalue weighted by molar-refractivity contribution is 0.0526. The molecule has 3 rings (SSSR count). The molecule has 0 radical (unpaired) electrons. The van der Waals surface area contributed by atoms with Gasteiger partial charge in [0.25, 0.3) is 0 Å². The van der Waals surface area contributed by atoms with Crippen molar-refractivity contribution >= 4 is 51.0 Å². The molecule has 0 saturated heterocycles. The average molecular weight is 432 g/mol. The van der Waals surface area contributed by atoms with Crippen LogP contribution in [0, 0.1) is 0 Å². The molecule has 0 spiro atoms. The molecule has 1 aromatic heterocycles. The minimum atomic E-state index is -0.258. The number of carbonyl (C=O) groups is 1. The molecule has 0 aliphatic heterocycles. The Hall–Kier alpha value is -2.12. The first-order valence-electron chi connectivity index (χ1n) is 10.2. The lowest BCUT2D eigenvalue weighted by atomic mass is 9.96. The quantitative estimate of drug-likeness (QED) is 0.484. The molecule has 0 bridgehead atoms. The SMILES string of the molecule is CCOC(=O)c1c(NC(=S)Nc2ccc(N(C)C)cc2)sc2c1CCCCCC2. The number of rotatable bonds is 5. The van der Waals surface area contributed by atoms with Crippen LogP contribution in [0.4, 0.5) is 16.4 Å². The number of nitrogens with one attached hydrogen (secondary N) is 2. The number of hydrogen-bond donors (Lipinski definition) is 2. The summed E-state index contributed by atoms with van der Waals surface area (Å²) in [7, 11) is 4.02. The van der Waals surface area contributed by atoms with Gasteiger partial charge >= 0.3 is 5.97 Å². The van der Waals surface area contributed by atoms with E-state index in [4.69, 9.17) is 17.0 Å². The summed E-state index contributed by atoms with van der Waals surface area (Å²) < 4.78 is 5.36. The lowest BCUT2D eigenvalue weighted by Crippen LogP contribution is -2.20. The molecular formula is C22H29N3O2S2. The van der Waals surface area contributed by atoms with Crippen LogP contribution in [-0.4, -0.2) is 31.8 Å². The Labute approximate surface area is 182 Å². The van der Waals surface area contributed by atoms with Crippen LogP contribution >= 0.6 is 23.6 Å². The predicted octanol–water partition coefficient (Wildman–Crippen LogP) is 5.46. The zero-order valence-corrected chi connectivity index (χ0v) is 19.0. The van der Waals surface area contributed by atoms with E-state index in [1.165, 1.54) is 17.7 Å². The van der Waals surface area contributed by atoms with E-state index in [2.05, 4.69) is 10.6 Å². The van der Waals surface area contributed by atoms with Crippen LogP contribution in [0.25, 0.3) is 0 Å². The fraction of sp³-hybridized carbons (Fsp3) is 0.455. The molecule has 1 aliphatic carbocycles. The second-order valence-corrected chi connectivity index (χ2v) is 8.88. The van der Waals surface area contributed by atoms with Gasteiger partial charge in [-0.2, -0.15) is 0 Å². The van der Waals surface area contributed by atoms with Crippen molar-refractivity contribution in [3.8, 4) is 0 Å². The van der Waals surface area contributed by atoms with Crippen LogP contribution < -0.4 is 15.5 Å². The third kappa shape index (κ3) is 5.48. The third-order valence-corrected chi connectivity index (χ3v) is 6.43. The van der Waals surface area contributed by atoms with Crippen molar-refractivity contribution < 1.29 is 9.53 Å². The van der Waals surface area contributed by atoms with Crippen molar-refractivity contribution in [3.05, 3.63) is 40.3 Å². The molecule has 0 atom stereocenters. The number of carbonyl (C=O) groups excluding carboxylic acids is 1. The predicted molar refractivity (Wildman–Crippen MR) is 127 cm³/mol. The van der Waals surface area contributed by atoms with Crippen LogP contribution in [0.15, 0.2) is 24.3 Å². The number of hydrogen-bond acceptors (Lipinski definition) is 5. The molecule has 7 heteroatoms. The molecule has 0 saturated carbocycles. The molecule has 1 heterocycles. The van der Waals surface area contributed by atoms with Gasteiger partial charge in [0.15, 0.2) is 5.11 Å². The van der Waals surface area contributed by atoms with Crippen molar-refractivity contribution in [1.82, 2.24) is 0 Å². The van der Waals surface area contributed by atoms with Crippen molar-refractivity contribution in [2.75, 3.05) is 36.2 Å². The number of thiophene rings is 1. The first-order valence-corrected chi connectivity index (χ1v) is 11.4. The molecule has 2 N–H and O–H groups in total. The highest BCUT2D eigenvalue weighted by Crippen LogP contribution is 2.37. The first-order chi connectivity index (χ1) is 14.0. The molecule has 0 fully saturated rings. The van der Waals surface area contributed by atoms with Crippen LogP contribution in [0.5, 0.6) is 0 Å². The standard InChI is InChI=1S/C22H29N3O2S2/c1-4-27-21(26)19-17-9-7-5-6-8-10-18(17)29-20(19)24-22(28)23-15-11-13-16(14-12-15)25(2)3/h11-14H,4-10H2,1-3H3,(H2,23,24,28). The smallest absolute Gasteiger partial charge is 0.341 e. The summed E-state index contributed by atoms with van der Waals surface area (Å²) in [6, 6.07) is 8.05. The Morgan fingerprint density at radius 2 is 1.79 bits per heavy atom. The highest BCUT2D eigenvalue weighted by atomic mass is 32.1. The summed E-state index contributed by atoms with van der Waals surface area (Å²) in [5.41, 5.74) is 3.84. The Kier molecular flexibility index (Phi) is 7.50. The Bertz CT molecular complexity index is 860. The van der Waals surface area contributed by atoms with Crippen molar-refractivity contribution in [3.63, 3.8) is 0 Å². The zero-order valence-electron chi connectivity index (χ0n) is 17.3. The molecule has 0 amide bonds. The minimum absolute atomic E-state index is 0.258. The summed E-state index contributed by atoms with van der Waals surface area (Å²) >= 11 is 7.17. The van der Waals surface area contributed by atoms with Gasteiger partial charge in [0, 0.05) is 30.3 Å². The topological polar surface area (TPSA) is 53.6 Å². The normalized spacial score (nSPS) is 13.6. The lowest BCUT2D eigenvalue weighted by Gasteiger charge is -2.14. The summed E-state index contributed by atoms with van der Waals surface area (Å²) in [6.45, 7) is 2.20. The Balaban J connectivity index is 1.80. The van der Waals surface area contributed by atoms with Crippen LogP contribution in [0.2, 0.25) is 0 Å². The van der Waals surface area contributed by atoms with E-state index in [9.17, 15) is 4.79 Å². The molecule has 29 heavy (non-hydrogen) atoms. The summed E-state index contributed by atoms with van der Waals surface area (Å²) in [5, 5.41) is 7.74. The van der Waals surface area contributed by atoms with Crippen molar-refractivity contribution in [2.24, 2.45) is 0 Å². The highest BCUT2D eigenvalue weighted by Gasteiger charge is 2.25. The van der Waals surface area contributed by atoms with Gasteiger partial charge in [-0.05, 0) is 74.7 Å². The molecule has 1 aliphatic rings. The summed E-state index contributed by atoms with van der Waals surface area (Å²) in [5.74, 6) is -0.258. The van der Waals surface area contributed by atoms with E-state index in [0.717, 1.165) is 47.6 Å². The maximum absolute atomic E-state index is 12.7. The van der Waals surface area contributed by atoms with Gasteiger partial charge in [-0.25, -0.2) is 4.79 Å². The number of esters is 1. The minimum Gasteiger partial charge on any atom is -0.462 e. The summed E-state index contributed by atoms with van der Waals surface area (Å²) in [4.78, 5) is 16.0. The third-order valence-electron chi connectivity index (χ3n) is 5.02. The Morgan fingerprint density at radius 3 is 2.45 bits per heavy atom. The number of thiocarbonyl (C=S) groups is 1. The molecule has 0 unspecified atom stereocenters. The number of anilines is 3. The number of nitrogens with zero attached hydrogens (tertiary/aromatic N) is 1. The van der Waals surface area contributed by atoms with Crippen molar-refractivity contribution in [2.45, 2.75) is 45.4 Å². The van der Waals surface area contributed by atoms with Crippen LogP contribution in [0.1, 0.15) is 53.4 Å². The van der Waals surface area contributed by atoms with Gasteiger partial charge in [-0.15, -0.1) is 11.3 Å². The molecule has 2 aromatic rings. The summed E-state index contributed by atoms with van der Waals surface area (Å²) in [6.07, 6.45) is 6.67. The van der Waals surface area contributed by atoms with E-state index in [-0.39, 0.29) is 5.97 Å². The first kappa shape index (κ1) is 21.6. The van der Waals surface area contributed by atoms with Crippen molar-refractivity contribution in [1.29, 1.82) is 0 Å². The highest BCUT2D eigenvalue weighted by molar-refractivity contribution is 7.80. The average Bonchev–Trinajstić information content (AvgIpc) is 2.98. The maximum Gasteiger partial charge on any atom is 0.341 e. The van der Waals surface area contributed by atoms with Gasteiger partial charge in [-0.3, -0.25) is 0 Å². The second-order valence-electron chi connectivity index (χ2n) is 7.36. The monoisotopic (exact) mass is 431 g/mol. The molecule has 1 aromatic carbocycles. The molecular weight excluding hydrogens is 402 g/mol. The van der Waals surface area contributed by atoms with E-state index in [1.807, 2.05) is 50.2 Å². The number of aryl methyl sites for hydroxylation is 1. The number of benzene rings is 1.